The SMILES string of the molecule is NCc1cc(NC(=O)Nc2cc(C(F)(F)F)ccc2F)c(F)cc1Br. The first-order valence-electron chi connectivity index (χ1n) is 6.74. The largest absolute Gasteiger partial charge is 0.416 e. The molecule has 4 nitrogen and oxygen atoms in total. The number of amides is 2. The van der Waals surface area contributed by atoms with Gasteiger partial charge >= 0.3 is 12.2 Å². The molecule has 0 atom stereocenters. The second kappa shape index (κ2) is 7.36. The van der Waals surface area contributed by atoms with Gasteiger partial charge < -0.3 is 16.4 Å². The molecule has 0 spiro atoms. The number of nitrogens with two attached hydrogens (primary N) is 1. The molecule has 4 N–H and O–H groups in total. The fourth-order valence-corrected chi connectivity index (χ4v) is 2.40. The average molecular weight is 424 g/mol. The lowest BCUT2D eigenvalue weighted by Crippen LogP contribution is -2.21. The summed E-state index contributed by atoms with van der Waals surface area (Å²) >= 11 is 3.09. The van der Waals surface area contributed by atoms with E-state index < -0.39 is 35.1 Å². The van der Waals surface area contributed by atoms with Gasteiger partial charge in [-0.3, -0.25) is 0 Å². The van der Waals surface area contributed by atoms with Crippen LogP contribution in [0.15, 0.2) is 34.8 Å². The Morgan fingerprint density at radius 1 is 1.04 bits per heavy atom. The molecule has 2 rings (SSSR count). The summed E-state index contributed by atoms with van der Waals surface area (Å²) in [5.74, 6) is -1.87. The van der Waals surface area contributed by atoms with Crippen molar-refractivity contribution in [3.63, 3.8) is 0 Å². The average Bonchev–Trinajstić information content (AvgIpc) is 2.51. The highest BCUT2D eigenvalue weighted by Crippen LogP contribution is 2.32. The predicted molar refractivity (Wildman–Crippen MR) is 86.0 cm³/mol. The zero-order valence-electron chi connectivity index (χ0n) is 12.3. The molecular weight excluding hydrogens is 413 g/mol. The van der Waals surface area contributed by atoms with Gasteiger partial charge in [-0.05, 0) is 35.9 Å². The molecule has 0 aliphatic carbocycles. The topological polar surface area (TPSA) is 67.1 Å². The first-order chi connectivity index (χ1) is 11.6. The third-order valence-electron chi connectivity index (χ3n) is 3.15. The van der Waals surface area contributed by atoms with Crippen molar-refractivity contribution in [1.29, 1.82) is 0 Å². The number of carbonyl (C=O) groups is 1. The first-order valence-corrected chi connectivity index (χ1v) is 7.54. The monoisotopic (exact) mass is 423 g/mol. The van der Waals surface area contributed by atoms with Gasteiger partial charge in [0, 0.05) is 11.0 Å². The number of urea groups is 1. The Morgan fingerprint density at radius 2 is 1.64 bits per heavy atom. The van der Waals surface area contributed by atoms with Crippen molar-refractivity contribution in [2.45, 2.75) is 12.7 Å². The number of carbonyl (C=O) groups excluding carboxylic acids is 1. The number of alkyl halides is 3. The minimum atomic E-state index is -4.70. The molecule has 134 valence electrons. The quantitative estimate of drug-likeness (QED) is 0.617. The van der Waals surface area contributed by atoms with Crippen molar-refractivity contribution >= 4 is 33.3 Å². The van der Waals surface area contributed by atoms with E-state index in [1.54, 1.807) is 0 Å². The Kier molecular flexibility index (Phi) is 5.63. The van der Waals surface area contributed by atoms with Crippen molar-refractivity contribution in [2.24, 2.45) is 5.73 Å². The first kappa shape index (κ1) is 19.1. The lowest BCUT2D eigenvalue weighted by molar-refractivity contribution is -0.137. The van der Waals surface area contributed by atoms with Crippen LogP contribution in [0, 0.1) is 11.6 Å². The molecule has 2 aromatic rings. The smallest absolute Gasteiger partial charge is 0.326 e. The van der Waals surface area contributed by atoms with Gasteiger partial charge in [0.2, 0.25) is 0 Å². The van der Waals surface area contributed by atoms with Gasteiger partial charge in [-0.1, -0.05) is 15.9 Å². The number of hydrogen-bond acceptors (Lipinski definition) is 2. The van der Waals surface area contributed by atoms with E-state index in [1.807, 2.05) is 5.32 Å². The third-order valence-corrected chi connectivity index (χ3v) is 3.88. The van der Waals surface area contributed by atoms with Gasteiger partial charge in [-0.15, -0.1) is 0 Å². The summed E-state index contributed by atoms with van der Waals surface area (Å²) in [4.78, 5) is 11.9. The number of hydrogen-bond donors (Lipinski definition) is 3. The van der Waals surface area contributed by atoms with E-state index in [1.165, 1.54) is 6.07 Å². The number of rotatable bonds is 3. The van der Waals surface area contributed by atoms with Crippen LogP contribution in [0.5, 0.6) is 0 Å². The molecule has 2 amide bonds. The highest BCUT2D eigenvalue weighted by atomic mass is 79.9. The number of benzene rings is 2. The van der Waals surface area contributed by atoms with Crippen LogP contribution in [0.3, 0.4) is 0 Å². The molecule has 25 heavy (non-hydrogen) atoms. The molecule has 0 saturated carbocycles. The van der Waals surface area contributed by atoms with E-state index in [-0.39, 0.29) is 12.2 Å². The second-order valence-electron chi connectivity index (χ2n) is 4.90. The van der Waals surface area contributed by atoms with Crippen LogP contribution in [-0.2, 0) is 12.7 Å². The standard InChI is InChI=1S/C15H11BrF5N3O/c16-9-5-11(18)12(3-7(9)6-22)23-14(25)24-13-4-8(15(19,20)21)1-2-10(13)17/h1-5H,6,22H2,(H2,23,24,25). The molecule has 0 saturated heterocycles. The van der Waals surface area contributed by atoms with E-state index in [4.69, 9.17) is 5.73 Å². The molecule has 2 aromatic carbocycles. The number of halogens is 6. The molecule has 0 aliphatic rings. The van der Waals surface area contributed by atoms with E-state index in [0.717, 1.165) is 6.07 Å². The summed E-state index contributed by atoms with van der Waals surface area (Å²) in [7, 11) is 0. The van der Waals surface area contributed by atoms with Crippen molar-refractivity contribution in [3.8, 4) is 0 Å². The Labute approximate surface area is 147 Å². The van der Waals surface area contributed by atoms with Gasteiger partial charge in [0.1, 0.15) is 11.6 Å². The van der Waals surface area contributed by atoms with Crippen LogP contribution >= 0.6 is 15.9 Å². The molecule has 0 radical (unpaired) electrons. The molecule has 0 heterocycles. The summed E-state index contributed by atoms with van der Waals surface area (Å²) in [5.41, 5.74) is 3.87. The van der Waals surface area contributed by atoms with E-state index >= 15 is 0 Å². The minimum absolute atomic E-state index is 0.0550. The predicted octanol–water partition coefficient (Wildman–Crippen LogP) is 4.85. The maximum atomic E-state index is 13.8. The van der Waals surface area contributed by atoms with Crippen LogP contribution < -0.4 is 16.4 Å². The highest BCUT2D eigenvalue weighted by Gasteiger charge is 2.31. The van der Waals surface area contributed by atoms with Gasteiger partial charge in [0.15, 0.2) is 0 Å². The van der Waals surface area contributed by atoms with Crippen LogP contribution in [0.2, 0.25) is 0 Å². The van der Waals surface area contributed by atoms with Crippen LogP contribution in [0.1, 0.15) is 11.1 Å². The highest BCUT2D eigenvalue weighted by molar-refractivity contribution is 9.10. The molecule has 0 aliphatic heterocycles. The number of nitrogens with one attached hydrogen (secondary N) is 2. The summed E-state index contributed by atoms with van der Waals surface area (Å²) in [6.45, 7) is 0.0550. The van der Waals surface area contributed by atoms with Gasteiger partial charge in [0.05, 0.1) is 16.9 Å². The van der Waals surface area contributed by atoms with Crippen molar-refractivity contribution < 1.29 is 26.7 Å². The summed E-state index contributed by atoms with van der Waals surface area (Å²) in [5, 5.41) is 4.01. The molecule has 0 fully saturated rings. The lowest BCUT2D eigenvalue weighted by atomic mass is 10.2. The Morgan fingerprint density at radius 3 is 2.20 bits per heavy atom. The number of anilines is 2. The normalized spacial score (nSPS) is 11.3. The zero-order valence-corrected chi connectivity index (χ0v) is 13.9. The van der Waals surface area contributed by atoms with Crippen LogP contribution in [-0.4, -0.2) is 6.03 Å². The Hall–Kier alpha value is -2.20. The summed E-state index contributed by atoms with van der Waals surface area (Å²) in [6, 6.07) is 2.77. The molecule has 0 aromatic heterocycles. The van der Waals surface area contributed by atoms with Gasteiger partial charge in [-0.2, -0.15) is 13.2 Å². The maximum absolute atomic E-state index is 13.8. The van der Waals surface area contributed by atoms with Crippen molar-refractivity contribution in [2.75, 3.05) is 10.6 Å². The van der Waals surface area contributed by atoms with Gasteiger partial charge in [0.25, 0.3) is 0 Å². The summed E-state index contributed by atoms with van der Waals surface area (Å²) < 4.78 is 65.7. The lowest BCUT2D eigenvalue weighted by Gasteiger charge is -2.13. The Balaban J connectivity index is 2.21. The van der Waals surface area contributed by atoms with Crippen LogP contribution in [0.4, 0.5) is 38.1 Å². The minimum Gasteiger partial charge on any atom is -0.326 e. The van der Waals surface area contributed by atoms with Crippen LogP contribution in [0.25, 0.3) is 0 Å². The van der Waals surface area contributed by atoms with Crippen molar-refractivity contribution in [1.82, 2.24) is 0 Å². The fourth-order valence-electron chi connectivity index (χ4n) is 1.92. The fraction of sp³-hybridized carbons (Fsp3) is 0.133. The molecule has 0 unspecified atom stereocenters. The zero-order chi connectivity index (χ0) is 18.8. The van der Waals surface area contributed by atoms with E-state index in [9.17, 15) is 26.7 Å². The second-order valence-corrected chi connectivity index (χ2v) is 5.75. The molecule has 0 bridgehead atoms. The third kappa shape index (κ3) is 4.67. The molecule has 10 heteroatoms. The van der Waals surface area contributed by atoms with E-state index in [2.05, 4.69) is 21.2 Å². The van der Waals surface area contributed by atoms with Crippen molar-refractivity contribution in [3.05, 3.63) is 57.6 Å². The van der Waals surface area contributed by atoms with E-state index in [0.29, 0.717) is 28.2 Å². The molecular formula is C15H11BrF5N3O. The van der Waals surface area contributed by atoms with Gasteiger partial charge in [-0.25, -0.2) is 13.6 Å². The maximum Gasteiger partial charge on any atom is 0.416 e. The Bertz CT molecular complexity index is 810. The summed E-state index contributed by atoms with van der Waals surface area (Å²) in [6.07, 6.45) is -4.70.